The molecular weight excluding hydrogens is 251 g/mol. The molecule has 0 spiro atoms. The van der Waals surface area contributed by atoms with Gasteiger partial charge in [0.2, 0.25) is 5.91 Å². The van der Waals surface area contributed by atoms with Crippen molar-refractivity contribution in [1.82, 2.24) is 10.2 Å². The van der Waals surface area contributed by atoms with Gasteiger partial charge in [-0.1, -0.05) is 6.07 Å². The minimum Gasteiger partial charge on any atom is -0.478 e. The van der Waals surface area contributed by atoms with Crippen molar-refractivity contribution >= 4 is 11.9 Å². The Morgan fingerprint density at radius 1 is 1.42 bits per heavy atom. The Morgan fingerprint density at radius 3 is 2.63 bits per heavy atom. The standard InChI is InChI=1S/C13H17FN2O3/c1-15-12(17)5-6-16(2)8-9-3-4-10(13(18)19)11(14)7-9/h3-4,7H,5-6,8H2,1-2H3,(H,15,17)(H,18,19). The van der Waals surface area contributed by atoms with Crippen LogP contribution in [0.15, 0.2) is 18.2 Å². The van der Waals surface area contributed by atoms with Crippen LogP contribution in [-0.4, -0.2) is 42.5 Å². The van der Waals surface area contributed by atoms with Crippen LogP contribution in [0.3, 0.4) is 0 Å². The predicted molar refractivity (Wildman–Crippen MR) is 68.4 cm³/mol. The highest BCUT2D eigenvalue weighted by Gasteiger charge is 2.11. The number of hydrogen-bond donors (Lipinski definition) is 2. The molecule has 19 heavy (non-hydrogen) atoms. The zero-order chi connectivity index (χ0) is 14.4. The Balaban J connectivity index is 2.60. The molecule has 6 heteroatoms. The predicted octanol–water partition coefficient (Wildman–Crippen LogP) is 1.09. The molecule has 1 amide bonds. The first-order chi connectivity index (χ1) is 8.93. The maximum Gasteiger partial charge on any atom is 0.338 e. The van der Waals surface area contributed by atoms with Crippen LogP contribution in [0.2, 0.25) is 0 Å². The summed E-state index contributed by atoms with van der Waals surface area (Å²) in [4.78, 5) is 23.6. The van der Waals surface area contributed by atoms with Gasteiger partial charge in [0.25, 0.3) is 0 Å². The van der Waals surface area contributed by atoms with Gasteiger partial charge in [0.15, 0.2) is 0 Å². The van der Waals surface area contributed by atoms with Gasteiger partial charge in [0.1, 0.15) is 5.82 Å². The highest BCUT2D eigenvalue weighted by Crippen LogP contribution is 2.12. The molecule has 2 N–H and O–H groups in total. The van der Waals surface area contributed by atoms with E-state index in [-0.39, 0.29) is 11.5 Å². The smallest absolute Gasteiger partial charge is 0.338 e. The number of carboxylic acids is 1. The SMILES string of the molecule is CNC(=O)CCN(C)Cc1ccc(C(=O)O)c(F)c1. The summed E-state index contributed by atoms with van der Waals surface area (Å²) in [5.41, 5.74) is 0.332. The molecule has 0 aliphatic rings. The second-order valence-corrected chi connectivity index (χ2v) is 4.28. The molecule has 104 valence electrons. The minimum absolute atomic E-state index is 0.0562. The molecular formula is C13H17FN2O3. The molecule has 0 atom stereocenters. The molecule has 0 bridgehead atoms. The number of halogens is 1. The van der Waals surface area contributed by atoms with E-state index < -0.39 is 11.8 Å². The van der Waals surface area contributed by atoms with E-state index in [2.05, 4.69) is 5.32 Å². The molecule has 0 saturated heterocycles. The minimum atomic E-state index is -1.28. The molecule has 0 radical (unpaired) electrons. The van der Waals surface area contributed by atoms with Crippen molar-refractivity contribution in [1.29, 1.82) is 0 Å². The quantitative estimate of drug-likeness (QED) is 0.810. The fourth-order valence-corrected chi connectivity index (χ4v) is 1.64. The number of rotatable bonds is 6. The van der Waals surface area contributed by atoms with Crippen LogP contribution >= 0.6 is 0 Å². The number of carbonyl (C=O) groups is 2. The number of carbonyl (C=O) groups excluding carboxylic acids is 1. The maximum atomic E-state index is 13.5. The largest absolute Gasteiger partial charge is 0.478 e. The Labute approximate surface area is 111 Å². The second-order valence-electron chi connectivity index (χ2n) is 4.28. The molecule has 0 saturated carbocycles. The van der Waals surface area contributed by atoms with Crippen LogP contribution in [0.4, 0.5) is 4.39 Å². The fourth-order valence-electron chi connectivity index (χ4n) is 1.64. The van der Waals surface area contributed by atoms with E-state index in [4.69, 9.17) is 5.11 Å². The van der Waals surface area contributed by atoms with E-state index in [0.29, 0.717) is 25.1 Å². The Kier molecular flexibility index (Phi) is 5.44. The lowest BCUT2D eigenvalue weighted by Gasteiger charge is -2.16. The van der Waals surface area contributed by atoms with Crippen molar-refractivity contribution < 1.29 is 19.1 Å². The first kappa shape index (κ1) is 15.1. The van der Waals surface area contributed by atoms with Crippen LogP contribution in [0.25, 0.3) is 0 Å². The van der Waals surface area contributed by atoms with Gasteiger partial charge in [0.05, 0.1) is 5.56 Å². The van der Waals surface area contributed by atoms with Gasteiger partial charge >= 0.3 is 5.97 Å². The number of hydrogen-bond acceptors (Lipinski definition) is 3. The summed E-state index contributed by atoms with van der Waals surface area (Å²) in [7, 11) is 3.38. The molecule has 0 unspecified atom stereocenters. The van der Waals surface area contributed by atoms with Crippen LogP contribution in [0.1, 0.15) is 22.3 Å². The third-order valence-corrected chi connectivity index (χ3v) is 2.72. The van der Waals surface area contributed by atoms with Crippen LogP contribution in [0, 0.1) is 5.82 Å². The second kappa shape index (κ2) is 6.84. The molecule has 1 aromatic rings. The zero-order valence-electron chi connectivity index (χ0n) is 10.9. The average molecular weight is 268 g/mol. The summed E-state index contributed by atoms with van der Waals surface area (Å²) in [6, 6.07) is 4.03. The van der Waals surface area contributed by atoms with Gasteiger partial charge < -0.3 is 15.3 Å². The van der Waals surface area contributed by atoms with E-state index >= 15 is 0 Å². The van der Waals surface area contributed by atoms with Crippen molar-refractivity contribution in [2.75, 3.05) is 20.6 Å². The van der Waals surface area contributed by atoms with E-state index in [1.807, 2.05) is 11.9 Å². The van der Waals surface area contributed by atoms with Crippen molar-refractivity contribution in [2.45, 2.75) is 13.0 Å². The molecule has 1 aromatic carbocycles. The topological polar surface area (TPSA) is 69.6 Å². The van der Waals surface area contributed by atoms with Crippen molar-refractivity contribution in [3.05, 3.63) is 35.1 Å². The Hall–Kier alpha value is -1.95. The summed E-state index contributed by atoms with van der Waals surface area (Å²) < 4.78 is 13.5. The lowest BCUT2D eigenvalue weighted by atomic mass is 10.1. The monoisotopic (exact) mass is 268 g/mol. The van der Waals surface area contributed by atoms with Gasteiger partial charge in [0, 0.05) is 26.6 Å². The maximum absolute atomic E-state index is 13.5. The van der Waals surface area contributed by atoms with Gasteiger partial charge in [-0.05, 0) is 24.7 Å². The van der Waals surface area contributed by atoms with E-state index in [1.54, 1.807) is 13.1 Å². The third kappa shape index (κ3) is 4.67. The Bertz CT molecular complexity index is 477. The first-order valence-electron chi connectivity index (χ1n) is 5.85. The van der Waals surface area contributed by atoms with Gasteiger partial charge in [-0.2, -0.15) is 0 Å². The van der Waals surface area contributed by atoms with E-state index in [9.17, 15) is 14.0 Å². The zero-order valence-corrected chi connectivity index (χ0v) is 10.9. The molecule has 0 heterocycles. The molecule has 5 nitrogen and oxygen atoms in total. The molecule has 0 aliphatic heterocycles. The Morgan fingerprint density at radius 2 is 2.11 bits per heavy atom. The third-order valence-electron chi connectivity index (χ3n) is 2.72. The van der Waals surface area contributed by atoms with Crippen LogP contribution < -0.4 is 5.32 Å². The summed E-state index contributed by atoms with van der Waals surface area (Å²) in [6.07, 6.45) is 0.364. The molecule has 0 aromatic heterocycles. The summed E-state index contributed by atoms with van der Waals surface area (Å²) in [6.45, 7) is 0.996. The normalized spacial score (nSPS) is 10.5. The number of aromatic carboxylic acids is 1. The number of benzene rings is 1. The number of carboxylic acid groups (broad SMARTS) is 1. The van der Waals surface area contributed by atoms with Crippen molar-refractivity contribution in [3.8, 4) is 0 Å². The first-order valence-corrected chi connectivity index (χ1v) is 5.85. The molecule has 1 rings (SSSR count). The summed E-state index contributed by atoms with van der Waals surface area (Å²) in [5, 5.41) is 11.2. The molecule has 0 aliphatic carbocycles. The number of nitrogens with one attached hydrogen (secondary N) is 1. The number of nitrogens with zero attached hydrogens (tertiary/aromatic N) is 1. The highest BCUT2D eigenvalue weighted by atomic mass is 19.1. The summed E-state index contributed by atoms with van der Waals surface area (Å²) >= 11 is 0. The van der Waals surface area contributed by atoms with Gasteiger partial charge in [-0.25, -0.2) is 9.18 Å². The van der Waals surface area contributed by atoms with Gasteiger partial charge in [-0.3, -0.25) is 4.79 Å². The fraction of sp³-hybridized carbons (Fsp3) is 0.385. The summed E-state index contributed by atoms with van der Waals surface area (Å²) in [5.74, 6) is -2.08. The van der Waals surface area contributed by atoms with Gasteiger partial charge in [-0.15, -0.1) is 0 Å². The number of amides is 1. The van der Waals surface area contributed by atoms with Crippen LogP contribution in [-0.2, 0) is 11.3 Å². The molecule has 0 fully saturated rings. The highest BCUT2D eigenvalue weighted by molar-refractivity contribution is 5.87. The van der Waals surface area contributed by atoms with Crippen LogP contribution in [0.5, 0.6) is 0 Å². The van der Waals surface area contributed by atoms with Crippen molar-refractivity contribution in [3.63, 3.8) is 0 Å². The van der Waals surface area contributed by atoms with E-state index in [0.717, 1.165) is 0 Å². The van der Waals surface area contributed by atoms with E-state index in [1.165, 1.54) is 12.1 Å². The average Bonchev–Trinajstić information content (AvgIpc) is 2.35. The van der Waals surface area contributed by atoms with Crippen molar-refractivity contribution in [2.24, 2.45) is 0 Å². The lowest BCUT2D eigenvalue weighted by Crippen LogP contribution is -2.26. The lowest BCUT2D eigenvalue weighted by molar-refractivity contribution is -0.120.